The van der Waals surface area contributed by atoms with Crippen molar-refractivity contribution in [2.45, 2.75) is 25.3 Å². The van der Waals surface area contributed by atoms with Gasteiger partial charge >= 0.3 is 0 Å². The molecule has 0 spiro atoms. The lowest BCUT2D eigenvalue weighted by Gasteiger charge is -2.34. The van der Waals surface area contributed by atoms with E-state index in [2.05, 4.69) is 33.5 Å². The molecule has 2 aliphatic rings. The van der Waals surface area contributed by atoms with Crippen LogP contribution in [-0.4, -0.2) is 36.1 Å². The number of piperazine rings is 1. The second-order valence-electron chi connectivity index (χ2n) is 5.11. The van der Waals surface area contributed by atoms with Gasteiger partial charge in [0.2, 0.25) is 0 Å². The molecule has 3 nitrogen and oxygen atoms in total. The summed E-state index contributed by atoms with van der Waals surface area (Å²) in [6.45, 7) is 4.66. The van der Waals surface area contributed by atoms with Crippen LogP contribution in [0.3, 0.4) is 0 Å². The minimum absolute atomic E-state index is 0. The fourth-order valence-corrected chi connectivity index (χ4v) is 2.69. The molecule has 1 saturated heterocycles. The van der Waals surface area contributed by atoms with Crippen LogP contribution >= 0.6 is 24.8 Å². The summed E-state index contributed by atoms with van der Waals surface area (Å²) >= 11 is 0. The standard InChI is InChI=1S/C13H21N3.2ClH/c1-2-12(15-5-1)13(10-11-3-4-11)16-8-6-14-7-9-16;;/h1-2,5,11,13-15H,3-4,6-10H2;2*1H/t13-;;/m1../s1. The molecule has 0 radical (unpaired) electrons. The maximum atomic E-state index is 3.43. The second kappa shape index (κ2) is 7.39. The van der Waals surface area contributed by atoms with Gasteiger partial charge in [-0.2, -0.15) is 0 Å². The van der Waals surface area contributed by atoms with Gasteiger partial charge in [0.15, 0.2) is 0 Å². The first-order valence-electron chi connectivity index (χ1n) is 6.51. The van der Waals surface area contributed by atoms with Crippen LogP contribution in [0.2, 0.25) is 0 Å². The maximum Gasteiger partial charge on any atom is 0.0502 e. The molecule has 1 aromatic rings. The first kappa shape index (κ1) is 15.8. The summed E-state index contributed by atoms with van der Waals surface area (Å²) in [6.07, 6.45) is 6.30. The van der Waals surface area contributed by atoms with Crippen LogP contribution in [0, 0.1) is 5.92 Å². The van der Waals surface area contributed by atoms with Crippen LogP contribution in [0.15, 0.2) is 18.3 Å². The molecule has 1 aliphatic heterocycles. The summed E-state index contributed by atoms with van der Waals surface area (Å²) in [5, 5.41) is 3.43. The predicted molar refractivity (Wildman–Crippen MR) is 79.8 cm³/mol. The molecule has 0 amide bonds. The normalized spacial score (nSPS) is 21.8. The van der Waals surface area contributed by atoms with Crippen molar-refractivity contribution < 1.29 is 0 Å². The van der Waals surface area contributed by atoms with Crippen molar-refractivity contribution in [1.82, 2.24) is 15.2 Å². The number of nitrogens with zero attached hydrogens (tertiary/aromatic N) is 1. The lowest BCUT2D eigenvalue weighted by molar-refractivity contribution is 0.158. The molecule has 1 aliphatic carbocycles. The Balaban J connectivity index is 0.000000810. The summed E-state index contributed by atoms with van der Waals surface area (Å²) in [5.41, 5.74) is 1.41. The van der Waals surface area contributed by atoms with E-state index in [9.17, 15) is 0 Å². The largest absolute Gasteiger partial charge is 0.364 e. The summed E-state index contributed by atoms with van der Waals surface area (Å²) in [5.74, 6) is 0.989. The third-order valence-electron chi connectivity index (χ3n) is 3.83. The third-order valence-corrected chi connectivity index (χ3v) is 3.83. The van der Waals surface area contributed by atoms with Gasteiger partial charge in [0, 0.05) is 38.1 Å². The number of H-pyrrole nitrogens is 1. The van der Waals surface area contributed by atoms with E-state index in [1.807, 2.05) is 0 Å². The first-order valence-corrected chi connectivity index (χ1v) is 6.51. The van der Waals surface area contributed by atoms with E-state index < -0.39 is 0 Å². The zero-order valence-corrected chi connectivity index (χ0v) is 12.2. The molecule has 2 heterocycles. The van der Waals surface area contributed by atoms with Gasteiger partial charge in [-0.15, -0.1) is 24.8 Å². The highest BCUT2D eigenvalue weighted by atomic mass is 35.5. The highest BCUT2D eigenvalue weighted by molar-refractivity contribution is 5.85. The van der Waals surface area contributed by atoms with Crippen molar-refractivity contribution in [2.75, 3.05) is 26.2 Å². The maximum absolute atomic E-state index is 3.43. The van der Waals surface area contributed by atoms with Crippen LogP contribution in [0.4, 0.5) is 0 Å². The number of hydrogen-bond donors (Lipinski definition) is 2. The quantitative estimate of drug-likeness (QED) is 0.894. The number of rotatable bonds is 4. The van der Waals surface area contributed by atoms with E-state index in [0.29, 0.717) is 6.04 Å². The minimum atomic E-state index is 0. The van der Waals surface area contributed by atoms with Crippen molar-refractivity contribution in [3.63, 3.8) is 0 Å². The van der Waals surface area contributed by atoms with Crippen molar-refractivity contribution >= 4 is 24.8 Å². The Morgan fingerprint density at radius 1 is 1.22 bits per heavy atom. The predicted octanol–water partition coefficient (Wildman–Crippen LogP) is 2.60. The molecule has 18 heavy (non-hydrogen) atoms. The van der Waals surface area contributed by atoms with Crippen molar-refractivity contribution in [2.24, 2.45) is 5.92 Å². The number of aromatic nitrogens is 1. The highest BCUT2D eigenvalue weighted by Gasteiger charge is 2.30. The Bertz CT molecular complexity index is 319. The molecule has 3 rings (SSSR count). The van der Waals surface area contributed by atoms with Gasteiger partial charge in [-0.25, -0.2) is 0 Å². The van der Waals surface area contributed by atoms with E-state index in [4.69, 9.17) is 0 Å². The van der Waals surface area contributed by atoms with Crippen LogP contribution in [0.25, 0.3) is 0 Å². The average molecular weight is 292 g/mol. The van der Waals surface area contributed by atoms with Gasteiger partial charge in [0.1, 0.15) is 0 Å². The summed E-state index contributed by atoms with van der Waals surface area (Å²) in [7, 11) is 0. The van der Waals surface area contributed by atoms with Gasteiger partial charge in [0.25, 0.3) is 0 Å². The second-order valence-corrected chi connectivity index (χ2v) is 5.11. The Labute approximate surface area is 122 Å². The smallest absolute Gasteiger partial charge is 0.0502 e. The van der Waals surface area contributed by atoms with E-state index in [-0.39, 0.29) is 24.8 Å². The lowest BCUT2D eigenvalue weighted by atomic mass is 10.0. The Morgan fingerprint density at radius 2 is 1.94 bits per heavy atom. The summed E-state index contributed by atoms with van der Waals surface area (Å²) < 4.78 is 0. The van der Waals surface area contributed by atoms with E-state index in [1.165, 1.54) is 38.0 Å². The molecule has 104 valence electrons. The fourth-order valence-electron chi connectivity index (χ4n) is 2.69. The first-order chi connectivity index (χ1) is 7.93. The van der Waals surface area contributed by atoms with Gasteiger partial charge in [0.05, 0.1) is 6.04 Å². The van der Waals surface area contributed by atoms with E-state index in [1.54, 1.807) is 0 Å². The van der Waals surface area contributed by atoms with Crippen molar-refractivity contribution in [3.05, 3.63) is 24.0 Å². The molecular formula is C13H23Cl2N3. The molecule has 5 heteroatoms. The van der Waals surface area contributed by atoms with E-state index >= 15 is 0 Å². The van der Waals surface area contributed by atoms with Crippen LogP contribution < -0.4 is 5.32 Å². The molecule has 0 bridgehead atoms. The molecule has 1 aromatic heterocycles. The number of halogens is 2. The zero-order valence-electron chi connectivity index (χ0n) is 10.6. The van der Waals surface area contributed by atoms with Gasteiger partial charge < -0.3 is 10.3 Å². The number of nitrogens with one attached hydrogen (secondary N) is 2. The highest BCUT2D eigenvalue weighted by Crippen LogP contribution is 2.39. The van der Waals surface area contributed by atoms with Gasteiger partial charge in [-0.1, -0.05) is 12.8 Å². The summed E-state index contributed by atoms with van der Waals surface area (Å²) in [6, 6.07) is 5.00. The number of aromatic amines is 1. The number of hydrogen-bond acceptors (Lipinski definition) is 2. The van der Waals surface area contributed by atoms with Crippen molar-refractivity contribution in [3.8, 4) is 0 Å². The van der Waals surface area contributed by atoms with Crippen LogP contribution in [-0.2, 0) is 0 Å². The van der Waals surface area contributed by atoms with Crippen LogP contribution in [0.5, 0.6) is 0 Å². The molecular weight excluding hydrogens is 269 g/mol. The van der Waals surface area contributed by atoms with Crippen LogP contribution in [0.1, 0.15) is 31.0 Å². The average Bonchev–Trinajstić information content (AvgIpc) is 3.00. The third kappa shape index (κ3) is 3.89. The Hall–Kier alpha value is -0.220. The lowest BCUT2D eigenvalue weighted by Crippen LogP contribution is -2.45. The Kier molecular flexibility index (Phi) is 6.50. The Morgan fingerprint density at radius 3 is 2.50 bits per heavy atom. The van der Waals surface area contributed by atoms with Gasteiger partial charge in [-0.3, -0.25) is 4.90 Å². The van der Waals surface area contributed by atoms with E-state index in [0.717, 1.165) is 19.0 Å². The molecule has 0 unspecified atom stereocenters. The molecule has 1 saturated carbocycles. The monoisotopic (exact) mass is 291 g/mol. The molecule has 2 fully saturated rings. The van der Waals surface area contributed by atoms with Gasteiger partial charge in [-0.05, 0) is 24.5 Å². The molecule has 0 aromatic carbocycles. The van der Waals surface area contributed by atoms with Crippen molar-refractivity contribution in [1.29, 1.82) is 0 Å². The minimum Gasteiger partial charge on any atom is -0.364 e. The fraction of sp³-hybridized carbons (Fsp3) is 0.692. The molecule has 2 N–H and O–H groups in total. The topological polar surface area (TPSA) is 31.1 Å². The SMILES string of the molecule is Cl.Cl.c1c[nH]c([C@@H](CC2CC2)N2CCNCC2)c1. The zero-order chi connectivity index (χ0) is 10.8. The molecule has 1 atom stereocenters. The summed E-state index contributed by atoms with van der Waals surface area (Å²) in [4.78, 5) is 6.05.